The summed E-state index contributed by atoms with van der Waals surface area (Å²) in [5.74, 6) is -0.862. The number of carboxylic acid groups (broad SMARTS) is 1. The van der Waals surface area contributed by atoms with E-state index >= 15 is 0 Å². The second-order valence-corrected chi connectivity index (χ2v) is 6.31. The second kappa shape index (κ2) is 5.00. The Morgan fingerprint density at radius 2 is 2.05 bits per heavy atom. The highest BCUT2D eigenvalue weighted by Gasteiger charge is 2.60. The largest absolute Gasteiger partial charge is 0.480 e. The van der Waals surface area contributed by atoms with Crippen molar-refractivity contribution in [3.05, 3.63) is 0 Å². The van der Waals surface area contributed by atoms with Gasteiger partial charge in [-0.1, -0.05) is 0 Å². The van der Waals surface area contributed by atoms with Gasteiger partial charge in [0.05, 0.1) is 6.10 Å². The van der Waals surface area contributed by atoms with Crippen molar-refractivity contribution in [3.8, 4) is 0 Å². The summed E-state index contributed by atoms with van der Waals surface area (Å²) in [6.07, 6.45) is 3.24. The van der Waals surface area contributed by atoms with Crippen LogP contribution in [0.2, 0.25) is 0 Å². The summed E-state index contributed by atoms with van der Waals surface area (Å²) in [7, 11) is 1.57. The summed E-state index contributed by atoms with van der Waals surface area (Å²) >= 11 is 0. The maximum absolute atomic E-state index is 12.6. The Morgan fingerprint density at radius 3 is 2.65 bits per heavy atom. The average Bonchev–Trinajstić information content (AvgIpc) is 2.96. The van der Waals surface area contributed by atoms with Gasteiger partial charge in [0, 0.05) is 26.0 Å². The van der Waals surface area contributed by atoms with E-state index < -0.39 is 12.0 Å². The third-order valence-corrected chi connectivity index (χ3v) is 5.25. The number of carboxylic acids is 1. The Kier molecular flexibility index (Phi) is 3.46. The van der Waals surface area contributed by atoms with Gasteiger partial charge >= 0.3 is 5.97 Å². The zero-order chi connectivity index (χ0) is 14.3. The van der Waals surface area contributed by atoms with Crippen LogP contribution in [0.15, 0.2) is 0 Å². The van der Waals surface area contributed by atoms with E-state index in [9.17, 15) is 14.7 Å². The first-order valence-electron chi connectivity index (χ1n) is 7.34. The molecule has 1 amide bonds. The van der Waals surface area contributed by atoms with Crippen LogP contribution in [0.1, 0.15) is 25.7 Å². The first-order chi connectivity index (χ1) is 9.57. The number of likely N-dealkylation sites (tertiary alicyclic amines) is 1. The number of rotatable bonds is 3. The van der Waals surface area contributed by atoms with Crippen LogP contribution in [0.25, 0.3) is 0 Å². The molecule has 1 aliphatic carbocycles. The van der Waals surface area contributed by atoms with Gasteiger partial charge in [-0.25, -0.2) is 4.79 Å². The lowest BCUT2D eigenvalue weighted by Crippen LogP contribution is -2.43. The van der Waals surface area contributed by atoms with Crippen LogP contribution in [0.4, 0.5) is 0 Å². The Labute approximate surface area is 118 Å². The van der Waals surface area contributed by atoms with Crippen molar-refractivity contribution in [1.29, 1.82) is 0 Å². The van der Waals surface area contributed by atoms with Crippen molar-refractivity contribution in [2.45, 2.75) is 37.8 Å². The zero-order valence-corrected chi connectivity index (χ0v) is 11.8. The smallest absolute Gasteiger partial charge is 0.326 e. The maximum Gasteiger partial charge on any atom is 0.326 e. The number of ether oxygens (including phenoxy) is 1. The van der Waals surface area contributed by atoms with Crippen LogP contribution < -0.4 is 5.32 Å². The van der Waals surface area contributed by atoms with E-state index in [1.807, 2.05) is 0 Å². The molecule has 112 valence electrons. The van der Waals surface area contributed by atoms with Crippen molar-refractivity contribution < 1.29 is 19.4 Å². The highest BCUT2D eigenvalue weighted by Crippen LogP contribution is 2.59. The van der Waals surface area contributed by atoms with Crippen LogP contribution in [0.5, 0.6) is 0 Å². The molecule has 0 radical (unpaired) electrons. The molecule has 1 saturated carbocycles. The van der Waals surface area contributed by atoms with Gasteiger partial charge in [0.25, 0.3) is 0 Å². The number of amides is 1. The summed E-state index contributed by atoms with van der Waals surface area (Å²) in [4.78, 5) is 25.5. The molecule has 2 heterocycles. The summed E-state index contributed by atoms with van der Waals surface area (Å²) in [5, 5.41) is 12.6. The molecule has 0 aromatic heterocycles. The first kappa shape index (κ1) is 13.8. The fourth-order valence-corrected chi connectivity index (χ4v) is 3.82. The van der Waals surface area contributed by atoms with Gasteiger partial charge in [0.1, 0.15) is 6.04 Å². The van der Waals surface area contributed by atoms with Crippen molar-refractivity contribution >= 4 is 11.9 Å². The van der Waals surface area contributed by atoms with Gasteiger partial charge in [0.15, 0.2) is 0 Å². The fourth-order valence-electron chi connectivity index (χ4n) is 3.82. The predicted molar refractivity (Wildman–Crippen MR) is 71.2 cm³/mol. The normalized spacial score (nSPS) is 35.2. The molecule has 20 heavy (non-hydrogen) atoms. The minimum absolute atomic E-state index is 0.0267. The number of hydrogen-bond donors (Lipinski definition) is 2. The molecule has 0 aromatic rings. The lowest BCUT2D eigenvalue weighted by molar-refractivity contribution is -0.149. The average molecular weight is 282 g/mol. The number of carbonyl (C=O) groups is 2. The molecule has 3 atom stereocenters. The quantitative estimate of drug-likeness (QED) is 0.766. The zero-order valence-electron chi connectivity index (χ0n) is 11.8. The Hall–Kier alpha value is -1.14. The molecule has 6 heteroatoms. The van der Waals surface area contributed by atoms with E-state index in [4.69, 9.17) is 4.74 Å². The minimum Gasteiger partial charge on any atom is -0.480 e. The number of methoxy groups -OCH3 is 1. The van der Waals surface area contributed by atoms with Crippen molar-refractivity contribution in [2.75, 3.05) is 26.7 Å². The molecule has 0 aromatic carbocycles. The van der Waals surface area contributed by atoms with Gasteiger partial charge in [-0.05, 0) is 37.8 Å². The fraction of sp³-hybridized carbons (Fsp3) is 0.857. The molecule has 3 rings (SSSR count). The van der Waals surface area contributed by atoms with Crippen LogP contribution in [-0.4, -0.2) is 60.8 Å². The molecular weight excluding hydrogens is 260 g/mol. The standard InChI is InChI=1S/C14H22N2O4/c1-20-9-6-11(13(18)19)16(8-9)12(17)10-7-14(10)2-4-15-5-3-14/h9-11,15H,2-8H2,1H3,(H,18,19). The Morgan fingerprint density at radius 1 is 1.35 bits per heavy atom. The van der Waals surface area contributed by atoms with E-state index in [1.165, 1.54) is 4.90 Å². The van der Waals surface area contributed by atoms with Gasteiger partial charge in [-0.15, -0.1) is 0 Å². The van der Waals surface area contributed by atoms with Crippen molar-refractivity contribution in [1.82, 2.24) is 10.2 Å². The van der Waals surface area contributed by atoms with Crippen LogP contribution in [0.3, 0.4) is 0 Å². The molecule has 2 N–H and O–H groups in total. The SMILES string of the molecule is COC1CC(C(=O)O)N(C(=O)C2CC23CCNCC3)C1. The van der Waals surface area contributed by atoms with Crippen molar-refractivity contribution in [3.63, 3.8) is 0 Å². The number of nitrogens with zero attached hydrogens (tertiary/aromatic N) is 1. The topological polar surface area (TPSA) is 78.9 Å². The number of hydrogen-bond acceptors (Lipinski definition) is 4. The lowest BCUT2D eigenvalue weighted by atomic mass is 9.91. The number of aliphatic carboxylic acids is 1. The molecule has 0 bridgehead atoms. The minimum atomic E-state index is -0.919. The highest BCUT2D eigenvalue weighted by molar-refractivity contribution is 5.88. The third-order valence-electron chi connectivity index (χ3n) is 5.25. The molecule has 1 spiro atoms. The van der Waals surface area contributed by atoms with E-state index in [2.05, 4.69) is 5.32 Å². The summed E-state index contributed by atoms with van der Waals surface area (Å²) in [6, 6.07) is -0.716. The van der Waals surface area contributed by atoms with Crippen LogP contribution in [0, 0.1) is 11.3 Å². The number of carbonyl (C=O) groups excluding carboxylic acids is 1. The molecular formula is C14H22N2O4. The Bertz CT molecular complexity index is 419. The van der Waals surface area contributed by atoms with Gasteiger partial charge in [-0.2, -0.15) is 0 Å². The molecule has 3 fully saturated rings. The third kappa shape index (κ3) is 2.20. The molecule has 6 nitrogen and oxygen atoms in total. The van der Waals surface area contributed by atoms with Crippen molar-refractivity contribution in [2.24, 2.45) is 11.3 Å². The summed E-state index contributed by atoms with van der Waals surface area (Å²) in [5.41, 5.74) is 0.149. The van der Waals surface area contributed by atoms with E-state index in [0.717, 1.165) is 32.4 Å². The van der Waals surface area contributed by atoms with Gasteiger partial charge in [-0.3, -0.25) is 4.79 Å². The maximum atomic E-state index is 12.6. The number of piperidine rings is 1. The predicted octanol–water partition coefficient (Wildman–Crippen LogP) is 0.0766. The number of nitrogens with one attached hydrogen (secondary N) is 1. The van der Waals surface area contributed by atoms with Gasteiger partial charge in [0.2, 0.25) is 5.91 Å². The Balaban J connectivity index is 1.69. The monoisotopic (exact) mass is 282 g/mol. The van der Waals surface area contributed by atoms with Crippen LogP contribution >= 0.6 is 0 Å². The van der Waals surface area contributed by atoms with Crippen LogP contribution in [-0.2, 0) is 14.3 Å². The highest BCUT2D eigenvalue weighted by atomic mass is 16.5. The van der Waals surface area contributed by atoms with Gasteiger partial charge < -0.3 is 20.1 Å². The lowest BCUT2D eigenvalue weighted by Gasteiger charge is -2.26. The molecule has 2 aliphatic heterocycles. The summed E-state index contributed by atoms with van der Waals surface area (Å²) in [6.45, 7) is 2.34. The second-order valence-electron chi connectivity index (χ2n) is 6.31. The van der Waals surface area contributed by atoms with E-state index in [1.54, 1.807) is 7.11 Å². The first-order valence-corrected chi connectivity index (χ1v) is 7.34. The summed E-state index contributed by atoms with van der Waals surface area (Å²) < 4.78 is 5.24. The van der Waals surface area contributed by atoms with E-state index in [-0.39, 0.29) is 23.3 Å². The molecule has 3 unspecified atom stereocenters. The van der Waals surface area contributed by atoms with E-state index in [0.29, 0.717) is 13.0 Å². The molecule has 3 aliphatic rings. The molecule has 2 saturated heterocycles.